The standard InChI is InChI=1S/C25H19ClN2O4/c1-3-31-17-8-5-15(6-9-17)22-21-23(29)18-12-14(2)4-10-19(18)32-24(21)25(30)28(22)20-11-7-16(26)13-27-20/h4-13,22H,3H2,1-2H3. The number of fused-ring (bicyclic) bond motifs is 2. The Hall–Kier alpha value is -3.64. The molecule has 160 valence electrons. The highest BCUT2D eigenvalue weighted by molar-refractivity contribution is 6.30. The maximum atomic E-state index is 13.6. The predicted octanol–water partition coefficient (Wildman–Crippen LogP) is 5.30. The maximum Gasteiger partial charge on any atom is 0.296 e. The van der Waals surface area contributed by atoms with Crippen LogP contribution in [-0.2, 0) is 0 Å². The van der Waals surface area contributed by atoms with Crippen molar-refractivity contribution in [1.82, 2.24) is 4.98 Å². The Morgan fingerprint density at radius 2 is 1.88 bits per heavy atom. The average Bonchev–Trinajstić information content (AvgIpc) is 3.08. The molecule has 1 aliphatic heterocycles. The van der Waals surface area contributed by atoms with Crippen molar-refractivity contribution in [2.24, 2.45) is 0 Å². The smallest absolute Gasteiger partial charge is 0.296 e. The van der Waals surface area contributed by atoms with Gasteiger partial charge in [-0.15, -0.1) is 0 Å². The Morgan fingerprint density at radius 3 is 2.56 bits per heavy atom. The van der Waals surface area contributed by atoms with Crippen LogP contribution in [0.2, 0.25) is 5.02 Å². The zero-order valence-corrected chi connectivity index (χ0v) is 18.2. The first-order valence-electron chi connectivity index (χ1n) is 10.2. The molecule has 1 amide bonds. The first kappa shape index (κ1) is 20.3. The van der Waals surface area contributed by atoms with Crippen LogP contribution in [0.25, 0.3) is 11.0 Å². The van der Waals surface area contributed by atoms with Gasteiger partial charge in [0.1, 0.15) is 17.2 Å². The number of halogens is 1. The minimum atomic E-state index is -0.692. The molecule has 1 aliphatic rings. The van der Waals surface area contributed by atoms with Crippen LogP contribution in [0, 0.1) is 6.92 Å². The van der Waals surface area contributed by atoms with Crippen molar-refractivity contribution < 1.29 is 13.9 Å². The monoisotopic (exact) mass is 446 g/mol. The maximum absolute atomic E-state index is 13.6. The number of carbonyl (C=O) groups excluding carboxylic acids is 1. The quantitative estimate of drug-likeness (QED) is 0.425. The van der Waals surface area contributed by atoms with Gasteiger partial charge in [0.05, 0.1) is 28.6 Å². The second-order valence-electron chi connectivity index (χ2n) is 7.59. The largest absolute Gasteiger partial charge is 0.494 e. The zero-order valence-electron chi connectivity index (χ0n) is 17.5. The van der Waals surface area contributed by atoms with E-state index < -0.39 is 11.9 Å². The Labute approximate surface area is 189 Å². The topological polar surface area (TPSA) is 72.6 Å². The van der Waals surface area contributed by atoms with E-state index in [9.17, 15) is 9.59 Å². The minimum Gasteiger partial charge on any atom is -0.494 e. The van der Waals surface area contributed by atoms with Gasteiger partial charge in [0.25, 0.3) is 5.91 Å². The fraction of sp³-hybridized carbons (Fsp3) is 0.160. The van der Waals surface area contributed by atoms with Gasteiger partial charge in [0.2, 0.25) is 5.76 Å². The van der Waals surface area contributed by atoms with Crippen LogP contribution in [0.1, 0.15) is 40.2 Å². The molecule has 4 aromatic rings. The molecule has 0 bridgehead atoms. The Bertz CT molecular complexity index is 1390. The van der Waals surface area contributed by atoms with Gasteiger partial charge in [0.15, 0.2) is 5.43 Å². The molecule has 0 spiro atoms. The molecule has 0 fully saturated rings. The van der Waals surface area contributed by atoms with Crippen molar-refractivity contribution in [3.8, 4) is 5.75 Å². The van der Waals surface area contributed by atoms with E-state index in [4.69, 9.17) is 20.8 Å². The van der Waals surface area contributed by atoms with Crippen molar-refractivity contribution >= 4 is 34.3 Å². The Balaban J connectivity index is 1.76. The Morgan fingerprint density at radius 1 is 1.09 bits per heavy atom. The third-order valence-corrected chi connectivity index (χ3v) is 5.71. The van der Waals surface area contributed by atoms with E-state index in [2.05, 4.69) is 4.98 Å². The van der Waals surface area contributed by atoms with E-state index in [-0.39, 0.29) is 11.2 Å². The van der Waals surface area contributed by atoms with E-state index in [1.165, 1.54) is 11.1 Å². The number of rotatable bonds is 4. The Kier molecular flexibility index (Phi) is 4.94. The van der Waals surface area contributed by atoms with Crippen molar-refractivity contribution in [3.63, 3.8) is 0 Å². The van der Waals surface area contributed by atoms with Crippen molar-refractivity contribution in [1.29, 1.82) is 0 Å². The summed E-state index contributed by atoms with van der Waals surface area (Å²) in [6, 6.07) is 15.3. The minimum absolute atomic E-state index is 0.0296. The number of aryl methyl sites for hydroxylation is 1. The lowest BCUT2D eigenvalue weighted by molar-refractivity contribution is 0.0970. The summed E-state index contributed by atoms with van der Waals surface area (Å²) in [7, 11) is 0. The molecule has 0 saturated heterocycles. The van der Waals surface area contributed by atoms with Gasteiger partial charge in [0, 0.05) is 6.20 Å². The summed E-state index contributed by atoms with van der Waals surface area (Å²) < 4.78 is 11.5. The van der Waals surface area contributed by atoms with Crippen LogP contribution in [0.5, 0.6) is 5.75 Å². The molecule has 6 nitrogen and oxygen atoms in total. The van der Waals surface area contributed by atoms with Crippen LogP contribution >= 0.6 is 11.6 Å². The molecular formula is C25H19ClN2O4. The van der Waals surface area contributed by atoms with Crippen molar-refractivity contribution in [2.45, 2.75) is 19.9 Å². The molecule has 32 heavy (non-hydrogen) atoms. The SMILES string of the molecule is CCOc1ccc(C2c3c(oc4ccc(C)cc4c3=O)C(=O)N2c2ccc(Cl)cn2)cc1. The van der Waals surface area contributed by atoms with E-state index in [0.717, 1.165) is 11.1 Å². The summed E-state index contributed by atoms with van der Waals surface area (Å²) in [5.74, 6) is 0.692. The van der Waals surface area contributed by atoms with Crippen molar-refractivity contribution in [3.05, 3.63) is 98.5 Å². The fourth-order valence-corrected chi connectivity index (χ4v) is 4.17. The predicted molar refractivity (Wildman–Crippen MR) is 123 cm³/mol. The molecule has 0 aliphatic carbocycles. The summed E-state index contributed by atoms with van der Waals surface area (Å²) in [6.45, 7) is 4.36. The van der Waals surface area contributed by atoms with Gasteiger partial charge in [-0.3, -0.25) is 14.5 Å². The first-order chi connectivity index (χ1) is 15.5. The summed E-state index contributed by atoms with van der Waals surface area (Å²) in [4.78, 5) is 32.9. The number of amides is 1. The molecule has 1 atom stereocenters. The lowest BCUT2D eigenvalue weighted by atomic mass is 9.98. The summed E-state index contributed by atoms with van der Waals surface area (Å²) >= 11 is 6.01. The van der Waals surface area contributed by atoms with Gasteiger partial charge < -0.3 is 9.15 Å². The molecule has 5 rings (SSSR count). The molecule has 0 saturated carbocycles. The lowest BCUT2D eigenvalue weighted by Crippen LogP contribution is -2.30. The van der Waals surface area contributed by atoms with Gasteiger partial charge >= 0.3 is 0 Å². The van der Waals surface area contributed by atoms with Gasteiger partial charge in [-0.1, -0.05) is 35.4 Å². The molecular weight excluding hydrogens is 428 g/mol. The molecule has 0 N–H and O–H groups in total. The van der Waals surface area contributed by atoms with Gasteiger partial charge in [-0.05, 0) is 55.8 Å². The lowest BCUT2D eigenvalue weighted by Gasteiger charge is -2.24. The highest BCUT2D eigenvalue weighted by Gasteiger charge is 2.44. The number of benzene rings is 2. The van der Waals surface area contributed by atoms with Gasteiger partial charge in [-0.2, -0.15) is 0 Å². The number of carbonyl (C=O) groups is 1. The molecule has 7 heteroatoms. The number of anilines is 1. The second-order valence-corrected chi connectivity index (χ2v) is 8.02. The third kappa shape index (κ3) is 3.24. The summed E-state index contributed by atoms with van der Waals surface area (Å²) in [6.07, 6.45) is 1.47. The average molecular weight is 447 g/mol. The third-order valence-electron chi connectivity index (χ3n) is 5.49. The molecule has 3 heterocycles. The zero-order chi connectivity index (χ0) is 22.4. The number of ether oxygens (including phenoxy) is 1. The van der Waals surface area contributed by atoms with Crippen LogP contribution < -0.4 is 15.1 Å². The fourth-order valence-electron chi connectivity index (χ4n) is 4.06. The summed E-state index contributed by atoms with van der Waals surface area (Å²) in [5, 5.41) is 0.893. The number of hydrogen-bond acceptors (Lipinski definition) is 5. The van der Waals surface area contributed by atoms with Gasteiger partial charge in [-0.25, -0.2) is 4.98 Å². The highest BCUT2D eigenvalue weighted by atomic mass is 35.5. The van der Waals surface area contributed by atoms with E-state index >= 15 is 0 Å². The van der Waals surface area contributed by atoms with Crippen LogP contribution in [0.4, 0.5) is 5.82 Å². The number of nitrogens with zero attached hydrogens (tertiary/aromatic N) is 2. The normalized spacial score (nSPS) is 15.3. The number of aromatic nitrogens is 1. The van der Waals surface area contributed by atoms with Crippen LogP contribution in [-0.4, -0.2) is 17.5 Å². The van der Waals surface area contributed by atoms with Crippen LogP contribution in [0.15, 0.2) is 70.0 Å². The second kappa shape index (κ2) is 7.80. The van der Waals surface area contributed by atoms with Crippen molar-refractivity contribution in [2.75, 3.05) is 11.5 Å². The number of pyridine rings is 1. The summed E-state index contributed by atoms with van der Waals surface area (Å²) in [5.41, 5.74) is 2.13. The highest BCUT2D eigenvalue weighted by Crippen LogP contribution is 2.41. The molecule has 1 unspecified atom stereocenters. The van der Waals surface area contributed by atoms with E-state index in [0.29, 0.717) is 39.7 Å². The molecule has 0 radical (unpaired) electrons. The van der Waals surface area contributed by atoms with Crippen LogP contribution in [0.3, 0.4) is 0 Å². The van der Waals surface area contributed by atoms with E-state index in [1.54, 1.807) is 24.3 Å². The number of hydrogen-bond donors (Lipinski definition) is 0. The van der Waals surface area contributed by atoms with E-state index in [1.807, 2.05) is 44.2 Å². The molecule has 2 aromatic carbocycles. The molecule has 2 aromatic heterocycles. The first-order valence-corrected chi connectivity index (χ1v) is 10.6.